The molecule has 0 atom stereocenters. The highest BCUT2D eigenvalue weighted by Crippen LogP contribution is 2.49. The zero-order chi connectivity index (χ0) is 11.5. The average Bonchev–Trinajstić information content (AvgIpc) is 2.20. The van der Waals surface area contributed by atoms with Crippen molar-refractivity contribution < 1.29 is 8.85 Å². The third kappa shape index (κ3) is 2.45. The van der Waals surface area contributed by atoms with E-state index < -0.39 is 8.56 Å². The van der Waals surface area contributed by atoms with E-state index in [2.05, 4.69) is 20.8 Å². The van der Waals surface area contributed by atoms with Gasteiger partial charge in [0.2, 0.25) is 0 Å². The van der Waals surface area contributed by atoms with Gasteiger partial charge in [-0.25, -0.2) is 0 Å². The molecule has 0 heterocycles. The monoisotopic (exact) mass is 230 g/mol. The molecule has 0 aromatic carbocycles. The predicted octanol–water partition coefficient (Wildman–Crippen LogP) is 3.86. The van der Waals surface area contributed by atoms with E-state index in [1.54, 1.807) is 0 Å². The highest BCUT2D eigenvalue weighted by Gasteiger charge is 2.53. The maximum absolute atomic E-state index is 5.91. The molecule has 0 amide bonds. The van der Waals surface area contributed by atoms with Crippen LogP contribution in [-0.4, -0.2) is 22.8 Å². The van der Waals surface area contributed by atoms with Crippen LogP contribution in [0.25, 0.3) is 0 Å². The van der Waals surface area contributed by atoms with Crippen molar-refractivity contribution in [3.63, 3.8) is 0 Å². The second kappa shape index (κ2) is 4.98. The van der Waals surface area contributed by atoms with E-state index in [-0.39, 0.29) is 5.04 Å². The first-order valence-corrected chi connectivity index (χ1v) is 7.97. The maximum Gasteiger partial charge on any atom is 0.346 e. The van der Waals surface area contributed by atoms with Crippen molar-refractivity contribution in [3.8, 4) is 0 Å². The van der Waals surface area contributed by atoms with E-state index in [0.29, 0.717) is 5.54 Å². The molecule has 1 fully saturated rings. The van der Waals surface area contributed by atoms with Gasteiger partial charge in [0.25, 0.3) is 0 Å². The Labute approximate surface area is 95.6 Å². The van der Waals surface area contributed by atoms with Gasteiger partial charge in [0, 0.05) is 24.8 Å². The molecule has 0 spiro atoms. The molecule has 0 N–H and O–H groups in total. The normalized spacial score (nSPS) is 20.6. The highest BCUT2D eigenvalue weighted by molar-refractivity contribution is 6.72. The Morgan fingerprint density at radius 2 is 1.40 bits per heavy atom. The summed E-state index contributed by atoms with van der Waals surface area (Å²) in [6.07, 6.45) is 6.68. The van der Waals surface area contributed by atoms with Gasteiger partial charge in [-0.1, -0.05) is 40.0 Å². The minimum atomic E-state index is -2.04. The van der Waals surface area contributed by atoms with Gasteiger partial charge in [-0.05, 0) is 12.8 Å². The lowest BCUT2D eigenvalue weighted by atomic mass is 10.0. The second-order valence-electron chi connectivity index (χ2n) is 5.66. The molecule has 15 heavy (non-hydrogen) atoms. The zero-order valence-electron chi connectivity index (χ0n) is 10.9. The Hall–Kier alpha value is 0.137. The Balaban J connectivity index is 2.88. The van der Waals surface area contributed by atoms with Crippen molar-refractivity contribution in [2.75, 3.05) is 14.2 Å². The molecule has 1 saturated carbocycles. The van der Waals surface area contributed by atoms with Gasteiger partial charge in [-0.15, -0.1) is 0 Å². The molecule has 3 heteroatoms. The molecule has 2 nitrogen and oxygen atoms in total. The standard InChI is InChI=1S/C12H26O2Si/c1-12(2,3)15(13-4,14-5)11-9-7-6-8-10-11/h11H,6-10H2,1-5H3. The van der Waals surface area contributed by atoms with Crippen molar-refractivity contribution in [1.82, 2.24) is 0 Å². The predicted molar refractivity (Wildman–Crippen MR) is 66.3 cm³/mol. The van der Waals surface area contributed by atoms with Crippen molar-refractivity contribution in [1.29, 1.82) is 0 Å². The van der Waals surface area contributed by atoms with Crippen LogP contribution in [-0.2, 0) is 8.85 Å². The molecular formula is C12H26O2Si. The summed E-state index contributed by atoms with van der Waals surface area (Å²) in [5, 5.41) is 0.165. The topological polar surface area (TPSA) is 18.5 Å². The first-order chi connectivity index (χ1) is 6.98. The molecular weight excluding hydrogens is 204 g/mol. The van der Waals surface area contributed by atoms with E-state index in [1.165, 1.54) is 32.1 Å². The molecule has 0 radical (unpaired) electrons. The fourth-order valence-electron chi connectivity index (χ4n) is 3.12. The van der Waals surface area contributed by atoms with Crippen molar-refractivity contribution in [3.05, 3.63) is 0 Å². The first kappa shape index (κ1) is 13.2. The number of rotatable bonds is 3. The van der Waals surface area contributed by atoms with E-state index in [9.17, 15) is 0 Å². The SMILES string of the molecule is CO[Si](OC)(C1CCCCC1)C(C)(C)C. The molecule has 0 aromatic rings. The summed E-state index contributed by atoms with van der Waals surface area (Å²) in [5.74, 6) is 0. The summed E-state index contributed by atoms with van der Waals surface area (Å²) in [7, 11) is 1.64. The Kier molecular flexibility index (Phi) is 4.38. The van der Waals surface area contributed by atoms with Crippen LogP contribution in [0.2, 0.25) is 10.6 Å². The zero-order valence-corrected chi connectivity index (χ0v) is 11.9. The summed E-state index contributed by atoms with van der Waals surface area (Å²) in [6.45, 7) is 6.79. The summed E-state index contributed by atoms with van der Waals surface area (Å²) < 4.78 is 11.8. The fourth-order valence-corrected chi connectivity index (χ4v) is 7.58. The van der Waals surface area contributed by atoms with E-state index >= 15 is 0 Å². The minimum Gasteiger partial charge on any atom is -0.397 e. The average molecular weight is 230 g/mol. The smallest absolute Gasteiger partial charge is 0.346 e. The summed E-state index contributed by atoms with van der Waals surface area (Å²) in [4.78, 5) is 0. The minimum absolute atomic E-state index is 0.165. The van der Waals surface area contributed by atoms with Crippen LogP contribution >= 0.6 is 0 Å². The Bertz CT molecular complexity index is 188. The Morgan fingerprint density at radius 3 is 1.73 bits per heavy atom. The van der Waals surface area contributed by atoms with Crippen LogP contribution in [0.3, 0.4) is 0 Å². The maximum atomic E-state index is 5.91. The van der Waals surface area contributed by atoms with Gasteiger partial charge in [-0.3, -0.25) is 0 Å². The van der Waals surface area contributed by atoms with Gasteiger partial charge in [-0.2, -0.15) is 0 Å². The quantitative estimate of drug-likeness (QED) is 0.686. The molecule has 0 bridgehead atoms. The van der Waals surface area contributed by atoms with Crippen molar-refractivity contribution in [2.24, 2.45) is 0 Å². The first-order valence-electron chi connectivity index (χ1n) is 6.08. The molecule has 0 aliphatic heterocycles. The molecule has 0 unspecified atom stereocenters. The van der Waals surface area contributed by atoms with Crippen LogP contribution in [0.4, 0.5) is 0 Å². The lowest BCUT2D eigenvalue weighted by Crippen LogP contribution is -2.53. The second-order valence-corrected chi connectivity index (χ2v) is 10.1. The van der Waals surface area contributed by atoms with Crippen LogP contribution in [0, 0.1) is 0 Å². The Morgan fingerprint density at radius 1 is 0.933 bits per heavy atom. The fraction of sp³-hybridized carbons (Fsp3) is 1.00. The van der Waals surface area contributed by atoms with Gasteiger partial charge in [0.05, 0.1) is 0 Å². The van der Waals surface area contributed by atoms with Gasteiger partial charge < -0.3 is 8.85 Å². The summed E-state index contributed by atoms with van der Waals surface area (Å²) >= 11 is 0. The van der Waals surface area contributed by atoms with Gasteiger partial charge in [0.1, 0.15) is 0 Å². The molecule has 1 aliphatic carbocycles. The number of hydrogen-bond donors (Lipinski definition) is 0. The van der Waals surface area contributed by atoms with Crippen LogP contribution in [0.1, 0.15) is 52.9 Å². The summed E-state index contributed by atoms with van der Waals surface area (Å²) in [6, 6.07) is 0. The third-order valence-electron chi connectivity index (χ3n) is 3.79. The van der Waals surface area contributed by atoms with E-state index in [4.69, 9.17) is 8.85 Å². The molecule has 90 valence electrons. The molecule has 1 rings (SSSR count). The number of hydrogen-bond acceptors (Lipinski definition) is 2. The van der Waals surface area contributed by atoms with Gasteiger partial charge >= 0.3 is 8.56 Å². The molecule has 1 aliphatic rings. The van der Waals surface area contributed by atoms with Gasteiger partial charge in [0.15, 0.2) is 0 Å². The van der Waals surface area contributed by atoms with E-state index in [1.807, 2.05) is 14.2 Å². The molecule has 0 saturated heterocycles. The highest BCUT2D eigenvalue weighted by atomic mass is 28.4. The van der Waals surface area contributed by atoms with Crippen LogP contribution < -0.4 is 0 Å². The lowest BCUT2D eigenvalue weighted by Gasteiger charge is -2.45. The van der Waals surface area contributed by atoms with Crippen LogP contribution in [0.5, 0.6) is 0 Å². The van der Waals surface area contributed by atoms with Crippen molar-refractivity contribution in [2.45, 2.75) is 63.5 Å². The van der Waals surface area contributed by atoms with Crippen molar-refractivity contribution >= 4 is 8.56 Å². The van der Waals surface area contributed by atoms with Crippen LogP contribution in [0.15, 0.2) is 0 Å². The van der Waals surface area contributed by atoms with E-state index in [0.717, 1.165) is 0 Å². The third-order valence-corrected chi connectivity index (χ3v) is 8.75. The largest absolute Gasteiger partial charge is 0.397 e. The lowest BCUT2D eigenvalue weighted by molar-refractivity contribution is 0.190. The summed E-state index contributed by atoms with van der Waals surface area (Å²) in [5.41, 5.74) is 0.682. The molecule has 0 aromatic heterocycles.